The molecule has 0 saturated carbocycles. The van der Waals surface area contributed by atoms with E-state index in [1.807, 2.05) is 19.1 Å². The third kappa shape index (κ3) is 3.96. The molecule has 1 N–H and O–H groups in total. The number of hydrogen-bond donors (Lipinski definition) is 1. The van der Waals surface area contributed by atoms with Crippen LogP contribution in [0.25, 0.3) is 5.70 Å². The zero-order valence-corrected chi connectivity index (χ0v) is 19.0. The molecule has 1 atom stereocenters. The van der Waals surface area contributed by atoms with E-state index in [1.54, 1.807) is 17.0 Å². The summed E-state index contributed by atoms with van der Waals surface area (Å²) in [5.41, 5.74) is 1.02. The van der Waals surface area contributed by atoms with Crippen molar-refractivity contribution in [1.82, 2.24) is 10.4 Å². The molecule has 1 fully saturated rings. The average molecular weight is 506 g/mol. The molecule has 0 bridgehead atoms. The first kappa shape index (κ1) is 23.2. The van der Waals surface area contributed by atoms with Gasteiger partial charge in [-0.3, -0.25) is 15.1 Å². The second kappa shape index (κ2) is 8.45. The minimum Gasteiger partial charge on any atom is -0.341 e. The van der Waals surface area contributed by atoms with Crippen LogP contribution in [0.15, 0.2) is 42.5 Å². The molecule has 0 spiro atoms. The van der Waals surface area contributed by atoms with Crippen molar-refractivity contribution in [3.8, 4) is 0 Å². The molecule has 2 aliphatic heterocycles. The molecule has 0 aliphatic carbocycles. The number of likely N-dealkylation sites (tertiary alicyclic amines) is 1. The highest BCUT2D eigenvalue weighted by Crippen LogP contribution is 2.49. The molecule has 2 aromatic rings. The van der Waals surface area contributed by atoms with Crippen molar-refractivity contribution in [3.05, 3.63) is 74.2 Å². The smallest absolute Gasteiger partial charge is 0.341 e. The van der Waals surface area contributed by atoms with Crippen molar-refractivity contribution in [1.29, 1.82) is 0 Å². The first-order valence-corrected chi connectivity index (χ1v) is 11.0. The summed E-state index contributed by atoms with van der Waals surface area (Å²) in [7, 11) is 0. The predicted octanol–water partition coefficient (Wildman–Crippen LogP) is 6.32. The second-order valence-corrected chi connectivity index (χ2v) is 8.91. The fourth-order valence-electron chi connectivity index (χ4n) is 3.81. The fourth-order valence-corrected chi connectivity index (χ4v) is 4.40. The monoisotopic (exact) mass is 504 g/mol. The van der Waals surface area contributed by atoms with Crippen LogP contribution in [0, 0.1) is 0 Å². The Bertz CT molecular complexity index is 1060. The maximum Gasteiger partial charge on any atom is 0.428 e. The maximum absolute atomic E-state index is 14.1. The zero-order valence-electron chi connectivity index (χ0n) is 16.8. The van der Waals surface area contributed by atoms with Crippen molar-refractivity contribution in [2.45, 2.75) is 31.0 Å². The van der Waals surface area contributed by atoms with Gasteiger partial charge in [-0.1, -0.05) is 66.0 Å². The lowest BCUT2D eigenvalue weighted by atomic mass is 9.89. The Morgan fingerprint density at radius 1 is 1.16 bits per heavy atom. The van der Waals surface area contributed by atoms with Gasteiger partial charge in [-0.25, -0.2) is 0 Å². The summed E-state index contributed by atoms with van der Waals surface area (Å²) in [5, 5.41) is -0.247. The number of rotatable bonds is 4. The lowest BCUT2D eigenvalue weighted by Gasteiger charge is -2.39. The van der Waals surface area contributed by atoms with E-state index in [-0.39, 0.29) is 38.2 Å². The molecule has 4 nitrogen and oxygen atoms in total. The molecule has 2 aliphatic rings. The van der Waals surface area contributed by atoms with E-state index in [1.165, 1.54) is 0 Å². The Morgan fingerprint density at radius 3 is 2.28 bits per heavy atom. The van der Waals surface area contributed by atoms with Gasteiger partial charge in [0.25, 0.3) is 0 Å². The molecule has 2 aromatic carbocycles. The number of carbonyl (C=O) groups excluding carboxylic acids is 1. The summed E-state index contributed by atoms with van der Waals surface area (Å²) in [6.07, 6.45) is -3.37. The average Bonchev–Trinajstić information content (AvgIpc) is 3.18. The van der Waals surface area contributed by atoms with Crippen LogP contribution in [-0.2, 0) is 15.2 Å². The van der Waals surface area contributed by atoms with Crippen LogP contribution in [0.1, 0.15) is 36.0 Å². The minimum absolute atomic E-state index is 0.0321. The molecule has 0 aromatic heterocycles. The maximum atomic E-state index is 14.1. The fraction of sp³-hybridized carbons (Fsp3) is 0.318. The summed E-state index contributed by atoms with van der Waals surface area (Å²) < 4.78 is 42.4. The van der Waals surface area contributed by atoms with Crippen LogP contribution < -0.4 is 5.48 Å². The van der Waals surface area contributed by atoms with Gasteiger partial charge in [0.1, 0.15) is 0 Å². The SMILES string of the molecule is CCC(=O)N1CC(c2ccc(C3=CC(c4cc(Cl)c(Cl)c(Cl)c4)(C(F)(F)F)ON3)cc2)C1. The highest BCUT2D eigenvalue weighted by atomic mass is 35.5. The molecular weight excluding hydrogens is 488 g/mol. The molecule has 10 heteroatoms. The number of hydroxylamine groups is 1. The summed E-state index contributed by atoms with van der Waals surface area (Å²) in [6.45, 7) is 3.11. The number of halogens is 6. The molecule has 4 rings (SSSR count). The van der Waals surface area contributed by atoms with E-state index in [9.17, 15) is 18.0 Å². The third-order valence-electron chi connectivity index (χ3n) is 5.73. The van der Waals surface area contributed by atoms with E-state index in [4.69, 9.17) is 39.6 Å². The first-order valence-electron chi connectivity index (χ1n) is 9.82. The van der Waals surface area contributed by atoms with Crippen LogP contribution in [0.4, 0.5) is 13.2 Å². The predicted molar refractivity (Wildman–Crippen MR) is 117 cm³/mol. The Kier molecular flexibility index (Phi) is 6.13. The zero-order chi connectivity index (χ0) is 23.3. The van der Waals surface area contributed by atoms with Crippen LogP contribution in [0.2, 0.25) is 15.1 Å². The van der Waals surface area contributed by atoms with E-state index < -0.39 is 11.8 Å². The van der Waals surface area contributed by atoms with Crippen LogP contribution in [0.3, 0.4) is 0 Å². The van der Waals surface area contributed by atoms with Gasteiger partial charge in [0.15, 0.2) is 0 Å². The molecule has 2 heterocycles. The first-order chi connectivity index (χ1) is 15.1. The number of alkyl halides is 3. The van der Waals surface area contributed by atoms with Crippen molar-refractivity contribution < 1.29 is 22.8 Å². The summed E-state index contributed by atoms with van der Waals surface area (Å²) in [4.78, 5) is 18.6. The molecule has 0 radical (unpaired) electrons. The number of carbonyl (C=O) groups is 1. The highest BCUT2D eigenvalue weighted by Gasteiger charge is 2.59. The van der Waals surface area contributed by atoms with E-state index >= 15 is 0 Å². The molecule has 32 heavy (non-hydrogen) atoms. The minimum atomic E-state index is -4.80. The van der Waals surface area contributed by atoms with Gasteiger partial charge in [0.2, 0.25) is 11.5 Å². The second-order valence-electron chi connectivity index (χ2n) is 7.72. The standard InChI is InChI=1S/C22H18Cl3F3N2O2/c1-2-19(31)30-10-14(11-30)12-3-5-13(6-4-12)18-9-21(32-29-18,22(26,27)28)15-7-16(23)20(25)17(24)8-15/h3-9,14,29H,2,10-11H2,1H3. The van der Waals surface area contributed by atoms with Crippen LogP contribution in [-0.4, -0.2) is 30.1 Å². The quantitative estimate of drug-likeness (QED) is 0.495. The van der Waals surface area contributed by atoms with Gasteiger partial charge in [-0.2, -0.15) is 13.2 Å². The Balaban J connectivity index is 1.61. The van der Waals surface area contributed by atoms with Gasteiger partial charge < -0.3 is 4.90 Å². The van der Waals surface area contributed by atoms with E-state index in [0.29, 0.717) is 25.1 Å². The molecule has 170 valence electrons. The van der Waals surface area contributed by atoms with Gasteiger partial charge >= 0.3 is 6.18 Å². The van der Waals surface area contributed by atoms with Crippen molar-refractivity contribution in [2.24, 2.45) is 0 Å². The van der Waals surface area contributed by atoms with Gasteiger partial charge in [-0.15, -0.1) is 0 Å². The van der Waals surface area contributed by atoms with Crippen molar-refractivity contribution in [3.63, 3.8) is 0 Å². The number of benzene rings is 2. The molecular formula is C22H18Cl3F3N2O2. The third-order valence-corrected chi connectivity index (χ3v) is 6.93. The number of hydrogen-bond acceptors (Lipinski definition) is 3. The van der Waals surface area contributed by atoms with Gasteiger partial charge in [-0.05, 0) is 29.3 Å². The Hall–Kier alpha value is -1.93. The Labute approximate surface area is 197 Å². The highest BCUT2D eigenvalue weighted by molar-refractivity contribution is 6.48. The van der Waals surface area contributed by atoms with Crippen molar-refractivity contribution in [2.75, 3.05) is 13.1 Å². The van der Waals surface area contributed by atoms with Crippen molar-refractivity contribution >= 4 is 46.4 Å². The van der Waals surface area contributed by atoms with Gasteiger partial charge in [0, 0.05) is 31.0 Å². The Morgan fingerprint density at radius 2 is 1.75 bits per heavy atom. The lowest BCUT2D eigenvalue weighted by molar-refractivity contribution is -0.269. The summed E-state index contributed by atoms with van der Waals surface area (Å²) in [6, 6.07) is 9.31. The summed E-state index contributed by atoms with van der Waals surface area (Å²) in [5.74, 6) is 0.329. The topological polar surface area (TPSA) is 41.6 Å². The summed E-state index contributed by atoms with van der Waals surface area (Å²) >= 11 is 17.8. The number of amides is 1. The lowest BCUT2D eigenvalue weighted by Crippen LogP contribution is -2.48. The number of nitrogens with zero attached hydrogens (tertiary/aromatic N) is 1. The molecule has 1 unspecified atom stereocenters. The van der Waals surface area contributed by atoms with Gasteiger partial charge in [0.05, 0.1) is 20.8 Å². The normalized spacial score (nSPS) is 21.2. The molecule has 1 amide bonds. The van der Waals surface area contributed by atoms with Crippen LogP contribution in [0.5, 0.6) is 0 Å². The van der Waals surface area contributed by atoms with Crippen LogP contribution >= 0.6 is 34.8 Å². The largest absolute Gasteiger partial charge is 0.428 e. The molecule has 1 saturated heterocycles. The number of nitrogens with one attached hydrogen (secondary N) is 1. The van der Waals surface area contributed by atoms with E-state index in [2.05, 4.69) is 5.48 Å². The van der Waals surface area contributed by atoms with E-state index in [0.717, 1.165) is 23.8 Å².